The van der Waals surface area contributed by atoms with Gasteiger partial charge in [-0.25, -0.2) is 0 Å². The second-order valence-electron chi connectivity index (χ2n) is 7.90. The molecule has 0 spiro atoms. The van der Waals surface area contributed by atoms with Gasteiger partial charge in [0, 0.05) is 31.1 Å². The van der Waals surface area contributed by atoms with Crippen LogP contribution in [0.2, 0.25) is 0 Å². The maximum Gasteiger partial charge on any atom is 0.226 e. The number of carbonyl (C=O) groups excluding carboxylic acids is 1. The average Bonchev–Trinajstić information content (AvgIpc) is 3.49. The van der Waals surface area contributed by atoms with Crippen molar-refractivity contribution in [3.8, 4) is 5.75 Å². The predicted molar refractivity (Wildman–Crippen MR) is 106 cm³/mol. The second-order valence-corrected chi connectivity index (χ2v) is 7.90. The van der Waals surface area contributed by atoms with E-state index >= 15 is 0 Å². The molecule has 5 heteroatoms. The average molecular weight is 379 g/mol. The van der Waals surface area contributed by atoms with Crippen LogP contribution in [0.1, 0.15) is 50.1 Å². The highest BCUT2D eigenvalue weighted by Crippen LogP contribution is 2.51. The molecule has 3 fully saturated rings. The standard InChI is InChI=1S/C21H30N2O2.ClH/c1-25-20-10-6-5-9-16(20)19-14-22-11-12-23(19)21(24)18-13-17(18)15-7-3-2-4-8-15;/h5-6,9-10,15,17-19,22H,2-4,7-8,11-14H2,1H3;1H. The van der Waals surface area contributed by atoms with Gasteiger partial charge in [-0.2, -0.15) is 0 Å². The van der Waals surface area contributed by atoms with E-state index in [1.165, 1.54) is 32.1 Å². The molecule has 1 aromatic rings. The summed E-state index contributed by atoms with van der Waals surface area (Å²) in [6.07, 6.45) is 7.90. The van der Waals surface area contributed by atoms with Crippen LogP contribution in [0.25, 0.3) is 0 Å². The third-order valence-electron chi connectivity index (χ3n) is 6.44. The SMILES string of the molecule is COc1ccccc1C1CNCCN1C(=O)C1CC1C1CCCCC1.Cl. The van der Waals surface area contributed by atoms with Crippen LogP contribution < -0.4 is 10.1 Å². The third kappa shape index (κ3) is 3.86. The van der Waals surface area contributed by atoms with Gasteiger partial charge in [0.25, 0.3) is 0 Å². The summed E-state index contributed by atoms with van der Waals surface area (Å²) in [5.74, 6) is 3.00. The maximum absolute atomic E-state index is 13.3. The van der Waals surface area contributed by atoms with Crippen LogP contribution in [0.5, 0.6) is 5.75 Å². The molecule has 2 saturated carbocycles. The zero-order valence-corrected chi connectivity index (χ0v) is 16.5. The first-order valence-electron chi connectivity index (χ1n) is 9.93. The molecular weight excluding hydrogens is 348 g/mol. The predicted octanol–water partition coefficient (Wildman–Crippen LogP) is 3.81. The molecule has 1 saturated heterocycles. The monoisotopic (exact) mass is 378 g/mol. The Hall–Kier alpha value is -1.26. The number of ether oxygens (including phenoxy) is 1. The number of hydrogen-bond donors (Lipinski definition) is 1. The summed E-state index contributed by atoms with van der Waals surface area (Å²) in [6, 6.07) is 8.21. The summed E-state index contributed by atoms with van der Waals surface area (Å²) in [7, 11) is 1.71. The van der Waals surface area contributed by atoms with E-state index in [1.54, 1.807) is 7.11 Å². The van der Waals surface area contributed by atoms with E-state index in [0.717, 1.165) is 43.3 Å². The molecule has 0 radical (unpaired) electrons. The Morgan fingerprint density at radius 2 is 1.96 bits per heavy atom. The number of amides is 1. The lowest BCUT2D eigenvalue weighted by atomic mass is 9.85. The fourth-order valence-electron chi connectivity index (χ4n) is 4.98. The molecule has 1 N–H and O–H groups in total. The number of rotatable bonds is 4. The summed E-state index contributed by atoms with van der Waals surface area (Å²) in [6.45, 7) is 2.50. The van der Waals surface area contributed by atoms with E-state index in [4.69, 9.17) is 4.74 Å². The Morgan fingerprint density at radius 1 is 1.19 bits per heavy atom. The van der Waals surface area contributed by atoms with Crippen molar-refractivity contribution in [1.29, 1.82) is 0 Å². The number of nitrogens with zero attached hydrogens (tertiary/aromatic N) is 1. The molecule has 3 aliphatic rings. The van der Waals surface area contributed by atoms with Gasteiger partial charge in [-0.15, -0.1) is 12.4 Å². The molecule has 3 unspecified atom stereocenters. The first kappa shape index (κ1) is 19.5. The van der Waals surface area contributed by atoms with Gasteiger partial charge in [0.2, 0.25) is 5.91 Å². The molecule has 26 heavy (non-hydrogen) atoms. The Bertz CT molecular complexity index is 618. The van der Waals surface area contributed by atoms with Crippen molar-refractivity contribution >= 4 is 18.3 Å². The fraction of sp³-hybridized carbons (Fsp3) is 0.667. The largest absolute Gasteiger partial charge is 0.496 e. The van der Waals surface area contributed by atoms with E-state index in [-0.39, 0.29) is 24.4 Å². The van der Waals surface area contributed by atoms with E-state index in [0.29, 0.717) is 11.8 Å². The minimum absolute atomic E-state index is 0. The lowest BCUT2D eigenvalue weighted by Crippen LogP contribution is -2.49. The van der Waals surface area contributed by atoms with Gasteiger partial charge < -0.3 is 15.0 Å². The number of carbonyl (C=O) groups is 1. The molecule has 144 valence electrons. The van der Waals surface area contributed by atoms with Gasteiger partial charge in [-0.3, -0.25) is 4.79 Å². The molecule has 1 aromatic carbocycles. The van der Waals surface area contributed by atoms with Crippen LogP contribution in [0.3, 0.4) is 0 Å². The quantitative estimate of drug-likeness (QED) is 0.866. The first-order chi connectivity index (χ1) is 12.3. The highest BCUT2D eigenvalue weighted by molar-refractivity contribution is 5.85. The first-order valence-corrected chi connectivity index (χ1v) is 9.93. The molecule has 4 nitrogen and oxygen atoms in total. The van der Waals surface area contributed by atoms with Gasteiger partial charge in [-0.1, -0.05) is 50.3 Å². The second kappa shape index (κ2) is 8.62. The van der Waals surface area contributed by atoms with Crippen molar-refractivity contribution in [1.82, 2.24) is 10.2 Å². The third-order valence-corrected chi connectivity index (χ3v) is 6.44. The summed E-state index contributed by atoms with van der Waals surface area (Å²) < 4.78 is 5.55. The van der Waals surface area contributed by atoms with E-state index in [1.807, 2.05) is 18.2 Å². The minimum Gasteiger partial charge on any atom is -0.496 e. The maximum atomic E-state index is 13.3. The highest BCUT2D eigenvalue weighted by atomic mass is 35.5. The van der Waals surface area contributed by atoms with Crippen molar-refractivity contribution in [3.63, 3.8) is 0 Å². The molecule has 1 aliphatic heterocycles. The normalized spacial score (nSPS) is 29.0. The van der Waals surface area contributed by atoms with Crippen molar-refractivity contribution in [2.24, 2.45) is 17.8 Å². The van der Waals surface area contributed by atoms with E-state index < -0.39 is 0 Å². The number of piperazine rings is 1. The lowest BCUT2D eigenvalue weighted by Gasteiger charge is -2.37. The minimum atomic E-state index is 0. The summed E-state index contributed by atoms with van der Waals surface area (Å²) in [4.78, 5) is 15.4. The molecule has 4 rings (SSSR count). The number of para-hydroxylation sites is 1. The molecule has 1 amide bonds. The molecule has 3 atom stereocenters. The zero-order valence-electron chi connectivity index (χ0n) is 15.7. The van der Waals surface area contributed by atoms with Crippen LogP contribution in [-0.4, -0.2) is 37.6 Å². The Morgan fingerprint density at radius 3 is 2.73 bits per heavy atom. The lowest BCUT2D eigenvalue weighted by molar-refractivity contribution is -0.136. The zero-order chi connectivity index (χ0) is 17.2. The number of hydrogen-bond acceptors (Lipinski definition) is 3. The summed E-state index contributed by atoms with van der Waals surface area (Å²) >= 11 is 0. The summed E-state index contributed by atoms with van der Waals surface area (Å²) in [5.41, 5.74) is 1.13. The van der Waals surface area contributed by atoms with Crippen LogP contribution in [0.4, 0.5) is 0 Å². The Balaban J connectivity index is 0.00000196. The Kier molecular flexibility index (Phi) is 6.46. The van der Waals surface area contributed by atoms with Crippen molar-refractivity contribution in [3.05, 3.63) is 29.8 Å². The smallest absolute Gasteiger partial charge is 0.226 e. The van der Waals surface area contributed by atoms with E-state index in [2.05, 4.69) is 16.3 Å². The molecular formula is C21H31ClN2O2. The number of benzene rings is 1. The topological polar surface area (TPSA) is 41.6 Å². The number of halogens is 1. The van der Waals surface area contributed by atoms with Crippen LogP contribution in [0.15, 0.2) is 24.3 Å². The van der Waals surface area contributed by atoms with Crippen molar-refractivity contribution < 1.29 is 9.53 Å². The van der Waals surface area contributed by atoms with Crippen LogP contribution in [-0.2, 0) is 4.79 Å². The van der Waals surface area contributed by atoms with Crippen molar-refractivity contribution in [2.75, 3.05) is 26.7 Å². The van der Waals surface area contributed by atoms with Crippen LogP contribution in [0, 0.1) is 17.8 Å². The van der Waals surface area contributed by atoms with Crippen molar-refractivity contribution in [2.45, 2.75) is 44.6 Å². The number of methoxy groups -OCH3 is 1. The fourth-order valence-corrected chi connectivity index (χ4v) is 4.98. The van der Waals surface area contributed by atoms with Gasteiger partial charge in [0.15, 0.2) is 0 Å². The highest BCUT2D eigenvalue weighted by Gasteiger charge is 2.50. The molecule has 0 aromatic heterocycles. The van der Waals surface area contributed by atoms with Gasteiger partial charge >= 0.3 is 0 Å². The molecule has 1 heterocycles. The van der Waals surface area contributed by atoms with Gasteiger partial charge in [0.05, 0.1) is 13.2 Å². The molecule has 0 bridgehead atoms. The summed E-state index contributed by atoms with van der Waals surface area (Å²) in [5, 5.41) is 3.45. The van der Waals surface area contributed by atoms with Gasteiger partial charge in [-0.05, 0) is 24.3 Å². The Labute approximate surface area is 163 Å². The van der Waals surface area contributed by atoms with Crippen LogP contribution >= 0.6 is 12.4 Å². The van der Waals surface area contributed by atoms with Gasteiger partial charge in [0.1, 0.15) is 5.75 Å². The molecule has 2 aliphatic carbocycles. The number of nitrogens with one attached hydrogen (secondary N) is 1. The van der Waals surface area contributed by atoms with E-state index in [9.17, 15) is 4.79 Å².